The average molecular weight is 494 g/mol. The van der Waals surface area contributed by atoms with E-state index in [-0.39, 0.29) is 22.8 Å². The standard InChI is InChI=1S/C24H32ClN3O4S/c1-16-7-9-20(10-8-16)33(30,31)26-14-19-6-5-11-28(15-19)18(3)24(29)27-22-12-17(2)21(25)13-23(22)32-4/h7-10,12-13,18-19,26H,5-6,11,14-15H2,1-4H3,(H,27,29). The second-order valence-corrected chi connectivity index (χ2v) is 10.8. The molecule has 2 aromatic carbocycles. The van der Waals surface area contributed by atoms with Crippen LogP contribution in [-0.2, 0) is 14.8 Å². The molecule has 2 unspecified atom stereocenters. The molecule has 2 aromatic rings. The third kappa shape index (κ3) is 6.47. The predicted molar refractivity (Wildman–Crippen MR) is 131 cm³/mol. The molecule has 1 saturated heterocycles. The fourth-order valence-corrected chi connectivity index (χ4v) is 5.25. The summed E-state index contributed by atoms with van der Waals surface area (Å²) in [5, 5.41) is 3.52. The van der Waals surface area contributed by atoms with Gasteiger partial charge in [0.1, 0.15) is 5.75 Å². The van der Waals surface area contributed by atoms with E-state index in [1.165, 1.54) is 7.11 Å². The Balaban J connectivity index is 1.60. The maximum absolute atomic E-state index is 13.0. The molecule has 0 saturated carbocycles. The van der Waals surface area contributed by atoms with E-state index >= 15 is 0 Å². The summed E-state index contributed by atoms with van der Waals surface area (Å²) in [6, 6.07) is 9.91. The Morgan fingerprint density at radius 3 is 2.61 bits per heavy atom. The first-order chi connectivity index (χ1) is 15.6. The van der Waals surface area contributed by atoms with Gasteiger partial charge in [-0.05, 0) is 69.8 Å². The minimum absolute atomic E-state index is 0.126. The molecular formula is C24H32ClN3O4S. The van der Waals surface area contributed by atoms with Gasteiger partial charge in [0, 0.05) is 24.2 Å². The topological polar surface area (TPSA) is 87.7 Å². The number of hydrogen-bond acceptors (Lipinski definition) is 5. The first kappa shape index (κ1) is 25.5. The summed E-state index contributed by atoms with van der Waals surface area (Å²) in [5.74, 6) is 0.491. The number of aryl methyl sites for hydroxylation is 2. The lowest BCUT2D eigenvalue weighted by Crippen LogP contribution is -2.49. The summed E-state index contributed by atoms with van der Waals surface area (Å²) in [6.07, 6.45) is 1.81. The number of benzene rings is 2. The zero-order valence-electron chi connectivity index (χ0n) is 19.5. The van der Waals surface area contributed by atoms with Crippen LogP contribution in [0.2, 0.25) is 5.02 Å². The zero-order valence-corrected chi connectivity index (χ0v) is 21.1. The van der Waals surface area contributed by atoms with Crippen molar-refractivity contribution in [3.05, 3.63) is 52.5 Å². The van der Waals surface area contributed by atoms with Crippen molar-refractivity contribution in [3.8, 4) is 5.75 Å². The highest BCUT2D eigenvalue weighted by Crippen LogP contribution is 2.31. The van der Waals surface area contributed by atoms with Crippen molar-refractivity contribution in [1.29, 1.82) is 0 Å². The van der Waals surface area contributed by atoms with Crippen LogP contribution in [0.4, 0.5) is 5.69 Å². The van der Waals surface area contributed by atoms with Gasteiger partial charge in [0.25, 0.3) is 0 Å². The van der Waals surface area contributed by atoms with Crippen LogP contribution >= 0.6 is 11.6 Å². The van der Waals surface area contributed by atoms with E-state index in [9.17, 15) is 13.2 Å². The van der Waals surface area contributed by atoms with E-state index in [0.29, 0.717) is 29.5 Å². The highest BCUT2D eigenvalue weighted by Gasteiger charge is 2.29. The highest BCUT2D eigenvalue weighted by atomic mass is 35.5. The van der Waals surface area contributed by atoms with Crippen molar-refractivity contribution in [2.45, 2.75) is 44.6 Å². The van der Waals surface area contributed by atoms with Crippen molar-refractivity contribution in [3.63, 3.8) is 0 Å². The van der Waals surface area contributed by atoms with Crippen LogP contribution in [0.5, 0.6) is 5.75 Å². The molecule has 2 N–H and O–H groups in total. The molecule has 0 spiro atoms. The number of hydrogen-bond donors (Lipinski definition) is 2. The van der Waals surface area contributed by atoms with Crippen LogP contribution in [-0.4, -0.2) is 52.0 Å². The Morgan fingerprint density at radius 1 is 1.24 bits per heavy atom. The number of nitrogens with one attached hydrogen (secondary N) is 2. The van der Waals surface area contributed by atoms with Crippen molar-refractivity contribution in [1.82, 2.24) is 9.62 Å². The molecule has 0 aromatic heterocycles. The molecule has 0 aliphatic carbocycles. The molecule has 7 nitrogen and oxygen atoms in total. The molecular weight excluding hydrogens is 462 g/mol. The van der Waals surface area contributed by atoms with E-state index in [0.717, 1.165) is 30.5 Å². The number of ether oxygens (including phenoxy) is 1. The van der Waals surface area contributed by atoms with E-state index < -0.39 is 10.0 Å². The SMILES string of the molecule is COc1cc(Cl)c(C)cc1NC(=O)C(C)N1CCCC(CNS(=O)(=O)c2ccc(C)cc2)C1. The fraction of sp³-hybridized carbons (Fsp3) is 0.458. The number of carbonyl (C=O) groups is 1. The molecule has 1 amide bonds. The summed E-state index contributed by atoms with van der Waals surface area (Å²) in [6.45, 7) is 7.42. The Bertz CT molecular complexity index is 1090. The highest BCUT2D eigenvalue weighted by molar-refractivity contribution is 7.89. The lowest BCUT2D eigenvalue weighted by atomic mass is 9.97. The molecule has 9 heteroatoms. The van der Waals surface area contributed by atoms with Crippen LogP contribution in [0.25, 0.3) is 0 Å². The van der Waals surface area contributed by atoms with Gasteiger partial charge in [0.15, 0.2) is 0 Å². The summed E-state index contributed by atoms with van der Waals surface area (Å²) >= 11 is 6.16. The van der Waals surface area contributed by atoms with Gasteiger partial charge >= 0.3 is 0 Å². The maximum atomic E-state index is 13.0. The Morgan fingerprint density at radius 2 is 1.94 bits per heavy atom. The van der Waals surface area contributed by atoms with Gasteiger partial charge in [0.05, 0.1) is 23.7 Å². The number of rotatable bonds is 8. The van der Waals surface area contributed by atoms with E-state index in [1.807, 2.05) is 20.8 Å². The van der Waals surface area contributed by atoms with Gasteiger partial charge < -0.3 is 10.1 Å². The number of halogens is 1. The van der Waals surface area contributed by atoms with Crippen LogP contribution in [0, 0.1) is 19.8 Å². The van der Waals surface area contributed by atoms with Gasteiger partial charge in [-0.25, -0.2) is 13.1 Å². The normalized spacial score (nSPS) is 18.0. The first-order valence-electron chi connectivity index (χ1n) is 11.1. The molecule has 1 heterocycles. The largest absolute Gasteiger partial charge is 0.495 e. The number of methoxy groups -OCH3 is 1. The minimum atomic E-state index is -3.56. The Kier molecular flexibility index (Phi) is 8.39. The number of amides is 1. The molecule has 2 atom stereocenters. The van der Waals surface area contributed by atoms with Crippen molar-refractivity contribution >= 4 is 33.2 Å². The van der Waals surface area contributed by atoms with Crippen molar-refractivity contribution in [2.24, 2.45) is 5.92 Å². The molecule has 1 aliphatic rings. The molecule has 0 radical (unpaired) electrons. The zero-order chi connectivity index (χ0) is 24.2. The number of carbonyl (C=O) groups excluding carboxylic acids is 1. The van der Waals surface area contributed by atoms with E-state index in [2.05, 4.69) is 14.9 Å². The average Bonchev–Trinajstić information content (AvgIpc) is 2.80. The summed E-state index contributed by atoms with van der Waals surface area (Å²) < 4.78 is 33.3. The molecule has 180 valence electrons. The van der Waals surface area contributed by atoms with Gasteiger partial charge in [-0.2, -0.15) is 0 Å². The maximum Gasteiger partial charge on any atom is 0.241 e. The number of piperidine rings is 1. The first-order valence-corrected chi connectivity index (χ1v) is 12.9. The van der Waals surface area contributed by atoms with E-state index in [4.69, 9.17) is 16.3 Å². The van der Waals surface area contributed by atoms with Crippen LogP contribution < -0.4 is 14.8 Å². The van der Waals surface area contributed by atoms with Crippen molar-refractivity contribution in [2.75, 3.05) is 32.1 Å². The smallest absolute Gasteiger partial charge is 0.241 e. The third-order valence-corrected chi connectivity index (χ3v) is 7.96. The molecule has 33 heavy (non-hydrogen) atoms. The van der Waals surface area contributed by atoms with Gasteiger partial charge in [-0.3, -0.25) is 9.69 Å². The van der Waals surface area contributed by atoms with Gasteiger partial charge in [0.2, 0.25) is 15.9 Å². The van der Waals surface area contributed by atoms with Gasteiger partial charge in [-0.15, -0.1) is 0 Å². The molecule has 0 bridgehead atoms. The van der Waals surface area contributed by atoms with Gasteiger partial charge in [-0.1, -0.05) is 29.3 Å². The number of anilines is 1. The third-order valence-electron chi connectivity index (χ3n) is 6.11. The molecule has 1 aliphatic heterocycles. The van der Waals surface area contributed by atoms with Crippen LogP contribution in [0.15, 0.2) is 41.3 Å². The Labute approximate surface area is 201 Å². The Hall–Kier alpha value is -2.13. The van der Waals surface area contributed by atoms with E-state index in [1.54, 1.807) is 36.4 Å². The summed E-state index contributed by atoms with van der Waals surface area (Å²) in [5.41, 5.74) is 2.44. The quantitative estimate of drug-likeness (QED) is 0.580. The molecule has 3 rings (SSSR count). The lowest BCUT2D eigenvalue weighted by Gasteiger charge is -2.36. The number of nitrogens with zero attached hydrogens (tertiary/aromatic N) is 1. The lowest BCUT2D eigenvalue weighted by molar-refractivity contribution is -0.121. The monoisotopic (exact) mass is 493 g/mol. The fourth-order valence-electron chi connectivity index (χ4n) is 3.98. The number of likely N-dealkylation sites (tertiary alicyclic amines) is 1. The second kappa shape index (κ2) is 10.9. The van der Waals surface area contributed by atoms with Crippen molar-refractivity contribution < 1.29 is 17.9 Å². The summed E-state index contributed by atoms with van der Waals surface area (Å²) in [4.78, 5) is 15.3. The summed E-state index contributed by atoms with van der Waals surface area (Å²) in [7, 11) is -2.02. The molecule has 1 fully saturated rings. The second-order valence-electron chi connectivity index (χ2n) is 8.64. The number of sulfonamides is 1. The van der Waals surface area contributed by atoms with Crippen LogP contribution in [0.3, 0.4) is 0 Å². The predicted octanol–water partition coefficient (Wildman–Crippen LogP) is 3.98. The van der Waals surface area contributed by atoms with Crippen LogP contribution in [0.1, 0.15) is 30.9 Å². The minimum Gasteiger partial charge on any atom is -0.495 e.